The summed E-state index contributed by atoms with van der Waals surface area (Å²) in [7, 11) is 0. The minimum absolute atomic E-state index is 0.117. The van der Waals surface area contributed by atoms with Crippen LogP contribution in [-0.4, -0.2) is 22.9 Å². The maximum absolute atomic E-state index is 12.0. The van der Waals surface area contributed by atoms with Crippen molar-refractivity contribution in [1.29, 1.82) is 0 Å². The number of halogens is 1. The number of nitro groups is 1. The van der Waals surface area contributed by atoms with E-state index in [1.807, 2.05) is 0 Å². The van der Waals surface area contributed by atoms with Crippen molar-refractivity contribution in [2.24, 2.45) is 0 Å². The zero-order chi connectivity index (χ0) is 17.7. The van der Waals surface area contributed by atoms with E-state index < -0.39 is 22.9 Å². The lowest BCUT2D eigenvalue weighted by molar-refractivity contribution is -0.384. The molecule has 0 aliphatic rings. The second-order valence-electron chi connectivity index (χ2n) is 4.85. The van der Waals surface area contributed by atoms with Gasteiger partial charge in [-0.25, -0.2) is 4.79 Å². The van der Waals surface area contributed by atoms with Crippen LogP contribution in [0.15, 0.2) is 48.5 Å². The maximum Gasteiger partial charge on any atom is 0.338 e. The minimum atomic E-state index is -1.04. The van der Waals surface area contributed by atoms with Crippen molar-refractivity contribution in [3.8, 4) is 0 Å². The van der Waals surface area contributed by atoms with Gasteiger partial charge < -0.3 is 10.1 Å². The van der Waals surface area contributed by atoms with Crippen molar-refractivity contribution >= 4 is 34.9 Å². The Kier molecular flexibility index (Phi) is 5.49. The summed E-state index contributed by atoms with van der Waals surface area (Å²) in [4.78, 5) is 33.9. The fourth-order valence-electron chi connectivity index (χ4n) is 1.78. The van der Waals surface area contributed by atoms with Crippen molar-refractivity contribution in [1.82, 2.24) is 0 Å². The Morgan fingerprint density at radius 2 is 1.71 bits per heavy atom. The summed E-state index contributed by atoms with van der Waals surface area (Å²) in [5, 5.41) is 13.7. The van der Waals surface area contributed by atoms with E-state index in [9.17, 15) is 19.7 Å². The number of anilines is 1. The van der Waals surface area contributed by atoms with Crippen molar-refractivity contribution in [3.63, 3.8) is 0 Å². The highest BCUT2D eigenvalue weighted by Gasteiger charge is 2.19. The van der Waals surface area contributed by atoms with Crippen LogP contribution in [0.25, 0.3) is 0 Å². The van der Waals surface area contributed by atoms with Crippen molar-refractivity contribution in [2.75, 3.05) is 5.32 Å². The van der Waals surface area contributed by atoms with Gasteiger partial charge in [0.15, 0.2) is 6.10 Å². The highest BCUT2D eigenvalue weighted by molar-refractivity contribution is 6.30. The summed E-state index contributed by atoms with van der Waals surface area (Å²) in [5.41, 5.74) is 0.495. The molecule has 2 aromatic carbocycles. The summed E-state index contributed by atoms with van der Waals surface area (Å²) in [6.07, 6.45) is -1.04. The molecule has 0 aromatic heterocycles. The topological polar surface area (TPSA) is 98.5 Å². The molecule has 2 rings (SSSR count). The second-order valence-corrected chi connectivity index (χ2v) is 5.28. The highest BCUT2D eigenvalue weighted by atomic mass is 35.5. The molecule has 0 fully saturated rings. The molecule has 0 bridgehead atoms. The number of nitrogens with one attached hydrogen (secondary N) is 1. The molecule has 0 radical (unpaired) electrons. The summed E-state index contributed by atoms with van der Waals surface area (Å²) < 4.78 is 5.05. The van der Waals surface area contributed by atoms with Crippen LogP contribution in [-0.2, 0) is 9.53 Å². The van der Waals surface area contributed by atoms with E-state index in [0.29, 0.717) is 10.7 Å². The summed E-state index contributed by atoms with van der Waals surface area (Å²) in [6, 6.07) is 11.4. The first-order chi connectivity index (χ1) is 11.4. The third-order valence-corrected chi connectivity index (χ3v) is 3.33. The van der Waals surface area contributed by atoms with Crippen LogP contribution < -0.4 is 5.32 Å². The molecular formula is C16H13ClN2O5. The second kappa shape index (κ2) is 7.56. The van der Waals surface area contributed by atoms with Crippen LogP contribution in [0.5, 0.6) is 0 Å². The number of nitrogens with zero attached hydrogens (tertiary/aromatic N) is 1. The number of hydrogen-bond donors (Lipinski definition) is 1. The van der Waals surface area contributed by atoms with E-state index in [4.69, 9.17) is 16.3 Å². The third kappa shape index (κ3) is 4.53. The number of carbonyl (C=O) groups excluding carboxylic acids is 2. The highest BCUT2D eigenvalue weighted by Crippen LogP contribution is 2.15. The van der Waals surface area contributed by atoms with Crippen molar-refractivity contribution in [3.05, 3.63) is 69.2 Å². The van der Waals surface area contributed by atoms with Gasteiger partial charge in [-0.1, -0.05) is 11.6 Å². The van der Waals surface area contributed by atoms with Crippen LogP contribution in [0.3, 0.4) is 0 Å². The number of ether oxygens (including phenoxy) is 1. The molecule has 0 saturated carbocycles. The largest absolute Gasteiger partial charge is 0.449 e. The van der Waals surface area contributed by atoms with Gasteiger partial charge in [-0.2, -0.15) is 0 Å². The van der Waals surface area contributed by atoms with Gasteiger partial charge in [0.1, 0.15) is 0 Å². The SMILES string of the molecule is C[C@@H](OC(=O)c1ccc([N+](=O)[O-])cc1)C(=O)Nc1ccc(Cl)cc1. The van der Waals surface area contributed by atoms with E-state index in [2.05, 4.69) is 5.32 Å². The summed E-state index contributed by atoms with van der Waals surface area (Å²) in [5.74, 6) is -1.25. The number of esters is 1. The van der Waals surface area contributed by atoms with Gasteiger partial charge in [0.2, 0.25) is 0 Å². The predicted octanol–water partition coefficient (Wildman–Crippen LogP) is 3.43. The Labute approximate surface area is 142 Å². The molecule has 1 atom stereocenters. The van der Waals surface area contributed by atoms with Gasteiger partial charge >= 0.3 is 5.97 Å². The molecule has 0 unspecified atom stereocenters. The molecule has 0 saturated heterocycles. The monoisotopic (exact) mass is 348 g/mol. The van der Waals surface area contributed by atoms with Gasteiger partial charge in [0.25, 0.3) is 11.6 Å². The molecule has 8 heteroatoms. The molecule has 7 nitrogen and oxygen atoms in total. The summed E-state index contributed by atoms with van der Waals surface area (Å²) in [6.45, 7) is 1.43. The van der Waals surface area contributed by atoms with Gasteiger partial charge in [-0.05, 0) is 43.3 Å². The molecule has 1 N–H and O–H groups in total. The number of benzene rings is 2. The zero-order valence-electron chi connectivity index (χ0n) is 12.6. The molecule has 124 valence electrons. The lowest BCUT2D eigenvalue weighted by Gasteiger charge is -2.13. The van der Waals surface area contributed by atoms with Crippen molar-refractivity contribution in [2.45, 2.75) is 13.0 Å². The average molecular weight is 349 g/mol. The smallest absolute Gasteiger partial charge is 0.338 e. The van der Waals surface area contributed by atoms with E-state index in [0.717, 1.165) is 0 Å². The van der Waals surface area contributed by atoms with Crippen LogP contribution in [0, 0.1) is 10.1 Å². The number of hydrogen-bond acceptors (Lipinski definition) is 5. The fraction of sp³-hybridized carbons (Fsp3) is 0.125. The Morgan fingerprint density at radius 1 is 1.12 bits per heavy atom. The van der Waals surface area contributed by atoms with E-state index in [-0.39, 0.29) is 11.3 Å². The number of carbonyl (C=O) groups is 2. The minimum Gasteiger partial charge on any atom is -0.449 e. The maximum atomic E-state index is 12.0. The summed E-state index contributed by atoms with van der Waals surface area (Å²) >= 11 is 5.75. The lowest BCUT2D eigenvalue weighted by atomic mass is 10.2. The van der Waals surface area contributed by atoms with E-state index >= 15 is 0 Å². The number of amides is 1. The molecule has 0 aliphatic heterocycles. The average Bonchev–Trinajstić information content (AvgIpc) is 2.56. The van der Waals surface area contributed by atoms with Crippen LogP contribution in [0.1, 0.15) is 17.3 Å². The fourth-order valence-corrected chi connectivity index (χ4v) is 1.90. The normalized spacial score (nSPS) is 11.4. The zero-order valence-corrected chi connectivity index (χ0v) is 13.3. The first-order valence-corrected chi connectivity index (χ1v) is 7.26. The molecular weight excluding hydrogens is 336 g/mol. The molecule has 0 heterocycles. The molecule has 0 spiro atoms. The van der Waals surface area contributed by atoms with Crippen LogP contribution in [0.4, 0.5) is 11.4 Å². The molecule has 1 amide bonds. The molecule has 0 aliphatic carbocycles. The van der Waals surface area contributed by atoms with Gasteiger partial charge in [-0.15, -0.1) is 0 Å². The Hall–Kier alpha value is -2.93. The predicted molar refractivity (Wildman–Crippen MR) is 88.1 cm³/mol. The van der Waals surface area contributed by atoms with E-state index in [1.165, 1.54) is 31.2 Å². The van der Waals surface area contributed by atoms with Gasteiger partial charge in [0.05, 0.1) is 10.5 Å². The number of rotatable bonds is 5. The first kappa shape index (κ1) is 17.4. The quantitative estimate of drug-likeness (QED) is 0.507. The van der Waals surface area contributed by atoms with Crippen LogP contribution in [0.2, 0.25) is 5.02 Å². The number of nitro benzene ring substituents is 1. The van der Waals surface area contributed by atoms with Gasteiger partial charge in [-0.3, -0.25) is 14.9 Å². The third-order valence-electron chi connectivity index (χ3n) is 3.08. The van der Waals surface area contributed by atoms with Crippen LogP contribution >= 0.6 is 11.6 Å². The lowest BCUT2D eigenvalue weighted by Crippen LogP contribution is -2.29. The first-order valence-electron chi connectivity index (χ1n) is 6.88. The van der Waals surface area contributed by atoms with Crippen molar-refractivity contribution < 1.29 is 19.2 Å². The van der Waals surface area contributed by atoms with E-state index in [1.54, 1.807) is 24.3 Å². The number of non-ortho nitro benzene ring substituents is 1. The van der Waals surface area contributed by atoms with Gasteiger partial charge in [0, 0.05) is 22.8 Å². The Bertz CT molecular complexity index is 759. The Balaban J connectivity index is 1.96. The molecule has 2 aromatic rings. The Morgan fingerprint density at radius 3 is 2.25 bits per heavy atom. The standard InChI is InChI=1S/C16H13ClN2O5/c1-10(15(20)18-13-6-4-12(17)5-7-13)24-16(21)11-2-8-14(9-3-11)19(22)23/h2-10H,1H3,(H,18,20)/t10-/m1/s1. The molecule has 24 heavy (non-hydrogen) atoms.